The van der Waals surface area contributed by atoms with Crippen LogP contribution in [0.25, 0.3) is 16.6 Å². The molecule has 4 aromatic heterocycles. The Labute approximate surface area is 254 Å². The number of carbonyl (C=O) groups excluding carboxylic acids is 1. The number of alkyl halides is 3. The molecule has 1 unspecified atom stereocenters. The predicted molar refractivity (Wildman–Crippen MR) is 165 cm³/mol. The van der Waals surface area contributed by atoms with E-state index in [1.54, 1.807) is 13.2 Å². The van der Waals surface area contributed by atoms with E-state index in [9.17, 15) is 22.8 Å². The highest BCUT2D eigenvalue weighted by atomic mass is 19.4. The molecule has 1 fully saturated rings. The Morgan fingerprint density at radius 1 is 1.09 bits per heavy atom. The molecule has 1 amide bonds. The van der Waals surface area contributed by atoms with Crippen LogP contribution in [-0.2, 0) is 6.54 Å². The van der Waals surface area contributed by atoms with Crippen LogP contribution in [0.5, 0.6) is 0 Å². The first-order valence-electron chi connectivity index (χ1n) is 14.7. The molecule has 0 aromatic carbocycles. The fourth-order valence-corrected chi connectivity index (χ4v) is 6.16. The van der Waals surface area contributed by atoms with E-state index < -0.39 is 12.7 Å². The normalized spacial score (nSPS) is 15.5. The topological polar surface area (TPSA) is 97.8 Å². The number of hydrogen-bond acceptors (Lipinski definition) is 6. The van der Waals surface area contributed by atoms with Crippen molar-refractivity contribution in [3.05, 3.63) is 86.7 Å². The van der Waals surface area contributed by atoms with Gasteiger partial charge < -0.3 is 20.0 Å². The molecule has 0 aliphatic carbocycles. The maximum atomic E-state index is 13.8. The van der Waals surface area contributed by atoms with Crippen molar-refractivity contribution in [3.8, 4) is 11.1 Å². The maximum Gasteiger partial charge on any atom is 0.401 e. The minimum absolute atomic E-state index is 0.0697. The number of H-pyrrole nitrogens is 1. The Kier molecular flexibility index (Phi) is 8.85. The molecule has 3 N–H and O–H groups in total. The first-order chi connectivity index (χ1) is 20.9. The molecular weight excluding hydrogens is 571 g/mol. The van der Waals surface area contributed by atoms with Crippen LogP contribution < -0.4 is 16.2 Å². The van der Waals surface area contributed by atoms with Crippen molar-refractivity contribution in [2.24, 2.45) is 0 Å². The summed E-state index contributed by atoms with van der Waals surface area (Å²) in [5.41, 5.74) is 6.49. The van der Waals surface area contributed by atoms with Gasteiger partial charge in [-0.05, 0) is 69.2 Å². The second-order valence-electron chi connectivity index (χ2n) is 11.5. The highest BCUT2D eigenvalue weighted by Crippen LogP contribution is 2.34. The number of nitrogens with zero attached hydrogens (tertiary/aromatic N) is 4. The molecule has 1 atom stereocenters. The Morgan fingerprint density at radius 3 is 2.43 bits per heavy atom. The Balaban J connectivity index is 1.52. The van der Waals surface area contributed by atoms with Crippen LogP contribution in [0.4, 0.5) is 19.0 Å². The van der Waals surface area contributed by atoms with Gasteiger partial charge in [-0.25, -0.2) is 4.98 Å². The van der Waals surface area contributed by atoms with Crippen molar-refractivity contribution >= 4 is 17.2 Å². The van der Waals surface area contributed by atoms with Crippen molar-refractivity contribution in [3.63, 3.8) is 0 Å². The van der Waals surface area contributed by atoms with Crippen LogP contribution in [0.1, 0.15) is 51.4 Å². The smallest absolute Gasteiger partial charge is 0.373 e. The molecule has 1 aliphatic rings. The molecule has 0 radical (unpaired) electrons. The van der Waals surface area contributed by atoms with Gasteiger partial charge in [0.2, 0.25) is 0 Å². The molecule has 12 heteroatoms. The number of nitrogens with one attached hydrogen (secondary N) is 3. The van der Waals surface area contributed by atoms with Gasteiger partial charge in [-0.2, -0.15) is 13.2 Å². The molecule has 5 heterocycles. The third-order valence-electron chi connectivity index (χ3n) is 8.50. The van der Waals surface area contributed by atoms with Gasteiger partial charge in [0.15, 0.2) is 0 Å². The SMILES string of the molecule is CNc1ccc(-c2ccn3c(C(C)N4CCN(CC(F)(F)F)CC4)c(C)c(C(=O)NCc4c(C)cc(C)[nH]c4=O)cc23)cn1. The standard InChI is InChI=1S/C32H38F3N7O2/c1-19-14-20(2)39-31(44)26(19)17-38-30(43)25-15-27-24(23-6-7-28(36-5)37-16-23)8-9-42(27)29(21(25)3)22(4)41-12-10-40(11-13-41)18-32(33,34)35/h6-9,14-16,22H,10-13,17-18H2,1-5H3,(H,36,37)(H,38,43)(H,39,44). The van der Waals surface area contributed by atoms with Crippen LogP contribution in [0.15, 0.2) is 47.5 Å². The average Bonchev–Trinajstić information content (AvgIpc) is 3.39. The Bertz CT molecular complexity index is 1720. The number of fused-ring (bicyclic) bond motifs is 1. The first-order valence-corrected chi connectivity index (χ1v) is 14.7. The van der Waals surface area contributed by atoms with E-state index >= 15 is 0 Å². The summed E-state index contributed by atoms with van der Waals surface area (Å²) in [6.07, 6.45) is -0.496. The van der Waals surface area contributed by atoms with Gasteiger partial charge in [-0.15, -0.1) is 0 Å². The number of piperazine rings is 1. The van der Waals surface area contributed by atoms with E-state index in [0.717, 1.165) is 45.0 Å². The zero-order valence-electron chi connectivity index (χ0n) is 25.6. The zero-order chi connectivity index (χ0) is 31.8. The van der Waals surface area contributed by atoms with Gasteiger partial charge in [0.1, 0.15) is 5.82 Å². The fraction of sp³-hybridized carbons (Fsp3) is 0.406. The van der Waals surface area contributed by atoms with Gasteiger partial charge in [0.25, 0.3) is 11.5 Å². The van der Waals surface area contributed by atoms with E-state index in [1.165, 1.54) is 4.90 Å². The average molecular weight is 610 g/mol. The fourth-order valence-electron chi connectivity index (χ4n) is 6.16. The lowest BCUT2D eigenvalue weighted by Gasteiger charge is -2.39. The van der Waals surface area contributed by atoms with Crippen LogP contribution in [0, 0.1) is 20.8 Å². The van der Waals surface area contributed by atoms with E-state index in [2.05, 4.69) is 29.9 Å². The van der Waals surface area contributed by atoms with E-state index in [-0.39, 0.29) is 24.1 Å². The third-order valence-corrected chi connectivity index (χ3v) is 8.50. The number of halogens is 3. The molecule has 9 nitrogen and oxygen atoms in total. The zero-order valence-corrected chi connectivity index (χ0v) is 25.6. The molecule has 5 rings (SSSR count). The largest absolute Gasteiger partial charge is 0.401 e. The molecule has 0 bridgehead atoms. The summed E-state index contributed by atoms with van der Waals surface area (Å²) in [6.45, 7) is 8.27. The van der Waals surface area contributed by atoms with Crippen LogP contribution in [-0.4, -0.2) is 76.0 Å². The minimum Gasteiger partial charge on any atom is -0.373 e. The number of carbonyl (C=O) groups is 1. The molecule has 1 saturated heterocycles. The summed E-state index contributed by atoms with van der Waals surface area (Å²) in [6, 6.07) is 9.37. The third kappa shape index (κ3) is 6.51. The number of aryl methyl sites for hydroxylation is 2. The van der Waals surface area contributed by atoms with Crippen molar-refractivity contribution in [1.82, 2.24) is 29.5 Å². The van der Waals surface area contributed by atoms with E-state index in [0.29, 0.717) is 37.3 Å². The van der Waals surface area contributed by atoms with Crippen LogP contribution >= 0.6 is 0 Å². The first kappa shape index (κ1) is 31.3. The highest BCUT2D eigenvalue weighted by molar-refractivity contribution is 5.98. The number of aromatic nitrogens is 3. The summed E-state index contributed by atoms with van der Waals surface area (Å²) < 4.78 is 41.1. The van der Waals surface area contributed by atoms with Gasteiger partial charge in [0, 0.05) is 91.8 Å². The van der Waals surface area contributed by atoms with Gasteiger partial charge >= 0.3 is 6.18 Å². The number of rotatable bonds is 8. The number of hydrogen-bond donors (Lipinski definition) is 3. The Morgan fingerprint density at radius 2 is 1.82 bits per heavy atom. The minimum atomic E-state index is -4.23. The quantitative estimate of drug-likeness (QED) is 0.265. The summed E-state index contributed by atoms with van der Waals surface area (Å²) in [7, 11) is 1.80. The van der Waals surface area contributed by atoms with Gasteiger partial charge in [-0.3, -0.25) is 19.4 Å². The van der Waals surface area contributed by atoms with Crippen LogP contribution in [0.3, 0.4) is 0 Å². The molecule has 1 aliphatic heterocycles. The van der Waals surface area contributed by atoms with E-state index in [1.807, 2.05) is 64.2 Å². The lowest BCUT2D eigenvalue weighted by Crippen LogP contribution is -2.49. The monoisotopic (exact) mass is 609 g/mol. The van der Waals surface area contributed by atoms with Crippen molar-refractivity contribution < 1.29 is 18.0 Å². The summed E-state index contributed by atoms with van der Waals surface area (Å²) in [4.78, 5) is 37.2. The molecule has 0 saturated carbocycles. The van der Waals surface area contributed by atoms with Crippen LogP contribution in [0.2, 0.25) is 0 Å². The number of aromatic amines is 1. The highest BCUT2D eigenvalue weighted by Gasteiger charge is 2.34. The maximum absolute atomic E-state index is 13.8. The lowest BCUT2D eigenvalue weighted by molar-refractivity contribution is -0.149. The summed E-state index contributed by atoms with van der Waals surface area (Å²) >= 11 is 0. The molecular formula is C32H38F3N7O2. The number of amides is 1. The van der Waals surface area contributed by atoms with Crippen molar-refractivity contribution in [2.45, 2.75) is 46.5 Å². The number of anilines is 1. The second-order valence-corrected chi connectivity index (χ2v) is 11.5. The van der Waals surface area contributed by atoms with Gasteiger partial charge in [0.05, 0.1) is 12.1 Å². The van der Waals surface area contributed by atoms with Crippen molar-refractivity contribution in [2.75, 3.05) is 45.1 Å². The second kappa shape index (κ2) is 12.4. The molecule has 4 aromatic rings. The van der Waals surface area contributed by atoms with Gasteiger partial charge in [-0.1, -0.05) is 0 Å². The molecule has 234 valence electrons. The summed E-state index contributed by atoms with van der Waals surface area (Å²) in [5.74, 6) is 0.414. The lowest BCUT2D eigenvalue weighted by atomic mass is 9.99. The summed E-state index contributed by atoms with van der Waals surface area (Å²) in [5, 5.41) is 5.96. The van der Waals surface area contributed by atoms with E-state index in [4.69, 9.17) is 0 Å². The predicted octanol–water partition coefficient (Wildman–Crippen LogP) is 4.83. The molecule has 0 spiro atoms. The molecule has 44 heavy (non-hydrogen) atoms. The number of pyridine rings is 3. The Hall–Kier alpha value is -4.16. The van der Waals surface area contributed by atoms with Crippen molar-refractivity contribution in [1.29, 1.82) is 0 Å².